The highest BCUT2D eigenvalue weighted by Gasteiger charge is 2.26. The van der Waals surface area contributed by atoms with Crippen molar-refractivity contribution in [3.8, 4) is 5.75 Å². The largest absolute Gasteiger partial charge is 0.505 e. The molecule has 0 spiro atoms. The van der Waals surface area contributed by atoms with Gasteiger partial charge in [-0.15, -0.1) is 28.3 Å². The number of rotatable bonds is 20. The van der Waals surface area contributed by atoms with Crippen LogP contribution in [0.3, 0.4) is 0 Å². The van der Waals surface area contributed by atoms with Crippen molar-refractivity contribution in [3.05, 3.63) is 66.6 Å². The molecule has 0 unspecified atom stereocenters. The summed E-state index contributed by atoms with van der Waals surface area (Å²) >= 11 is 0.797. The van der Waals surface area contributed by atoms with Crippen LogP contribution in [-0.4, -0.2) is 63.0 Å². The maximum absolute atomic E-state index is 12.6. The molecule has 0 aliphatic heterocycles. The zero-order valence-electron chi connectivity index (χ0n) is 26.8. The Balaban J connectivity index is 1.81. The lowest BCUT2D eigenvalue weighted by atomic mass is 10.1. The lowest BCUT2D eigenvalue weighted by Gasteiger charge is -2.14. The number of azo groups is 2. The molecule has 0 fully saturated rings. The van der Waals surface area contributed by atoms with E-state index in [1.807, 2.05) is 0 Å². The fraction of sp³-hybridized carbons (Fsp3) is 0.0769. The lowest BCUT2D eigenvalue weighted by Crippen LogP contribution is -2.10. The van der Waals surface area contributed by atoms with Gasteiger partial charge in [0.1, 0.15) is 22.0 Å². The van der Waals surface area contributed by atoms with Crippen molar-refractivity contribution in [1.29, 1.82) is 0 Å². The molecule has 0 heterocycles. The minimum atomic E-state index is -5.17. The van der Waals surface area contributed by atoms with Gasteiger partial charge in [-0.1, -0.05) is 21.7 Å². The lowest BCUT2D eigenvalue weighted by molar-refractivity contribution is -0.434. The first-order chi connectivity index (χ1) is 26.1. The Labute approximate surface area is 322 Å². The second-order valence-electron chi connectivity index (χ2n) is 9.82. The Hall–Kier alpha value is -3.86. The van der Waals surface area contributed by atoms with Crippen molar-refractivity contribution >= 4 is 105 Å². The SMILES string of the molecule is C=CS(=O)(=O)c1ccc(N=Nc2c(S(=O)(=O)O)cc3cc(SOOO)c(N=Nc4ccc(S(=O)(=O)CCOSOOO)cc4)c(N)c3c2O)c(SOOO)c1. The third-order valence-corrected chi connectivity index (χ3v) is 12.2. The van der Waals surface area contributed by atoms with Gasteiger partial charge in [0.15, 0.2) is 37.7 Å². The Morgan fingerprint density at radius 1 is 0.764 bits per heavy atom. The van der Waals surface area contributed by atoms with E-state index in [1.54, 1.807) is 0 Å². The van der Waals surface area contributed by atoms with Gasteiger partial charge in [0.05, 0.1) is 72.8 Å². The number of phenolic OH excluding ortho intramolecular Hbond substituents is 1. The third-order valence-electron chi connectivity index (χ3n) is 6.64. The number of hydrogen-bond acceptors (Lipinski definition) is 25. The Morgan fingerprint density at radius 3 is 2.00 bits per heavy atom. The van der Waals surface area contributed by atoms with Crippen molar-refractivity contribution in [2.24, 2.45) is 20.5 Å². The van der Waals surface area contributed by atoms with E-state index in [9.17, 15) is 34.9 Å². The van der Waals surface area contributed by atoms with Gasteiger partial charge in [0.2, 0.25) is 0 Å². The summed E-state index contributed by atoms with van der Waals surface area (Å²) in [6.07, 6.45) is 0. The average Bonchev–Trinajstić information content (AvgIpc) is 3.15. The summed E-state index contributed by atoms with van der Waals surface area (Å²) in [5, 5.41) is 63.3. The molecule has 7 N–H and O–H groups in total. The average molecular weight is 886 g/mol. The molecular formula is C26H23N5O18S6. The minimum absolute atomic E-state index is 0.0885. The van der Waals surface area contributed by atoms with Crippen LogP contribution >= 0.6 is 36.4 Å². The van der Waals surface area contributed by atoms with Crippen LogP contribution in [0.15, 0.2) is 112 Å². The standard InChI is InChI=1S/C26H23N5O18S6/c1-2-53(36,37)17-7-8-18(19(13-17)50-47-44-33)29-31-25-21(55(40,41)42)12-14-11-20(51-48-45-34)24(23(27)22(14)26(25)32)30-28-15-3-5-16(6-4-15)54(38,39)10-9-43-52-49-46-35/h2-8,11-13,32-35H,1,9-10,27H2,(H,40,41,42). The number of nitrogens with two attached hydrogens (primary N) is 1. The molecular weight excluding hydrogens is 863 g/mol. The first-order valence-corrected chi connectivity index (χ1v) is 20.7. The molecule has 23 nitrogen and oxygen atoms in total. The smallest absolute Gasteiger partial charge is 0.296 e. The fourth-order valence-corrected chi connectivity index (χ4v) is 8.11. The van der Waals surface area contributed by atoms with E-state index >= 15 is 0 Å². The van der Waals surface area contributed by atoms with Gasteiger partial charge < -0.3 is 10.8 Å². The first-order valence-electron chi connectivity index (χ1n) is 13.9. The summed E-state index contributed by atoms with van der Waals surface area (Å²) in [5.74, 6) is -1.43. The van der Waals surface area contributed by atoms with Crippen molar-refractivity contribution in [2.75, 3.05) is 18.1 Å². The number of nitrogens with zero attached hydrogens (tertiary/aromatic N) is 4. The summed E-state index contributed by atoms with van der Waals surface area (Å²) in [7, 11) is -13.0. The topological polar surface area (TPSA) is 344 Å². The summed E-state index contributed by atoms with van der Waals surface area (Å²) < 4.78 is 102. The second kappa shape index (κ2) is 19.3. The van der Waals surface area contributed by atoms with Crippen LogP contribution < -0.4 is 5.73 Å². The Bertz CT molecular complexity index is 2430. The van der Waals surface area contributed by atoms with E-state index in [0.717, 1.165) is 30.3 Å². The molecule has 4 aromatic rings. The molecule has 0 atom stereocenters. The zero-order chi connectivity index (χ0) is 40.4. The Morgan fingerprint density at radius 2 is 1.38 bits per heavy atom. The van der Waals surface area contributed by atoms with Gasteiger partial charge in [-0.2, -0.15) is 13.5 Å². The highest BCUT2D eigenvalue weighted by Crippen LogP contribution is 2.49. The molecule has 0 saturated heterocycles. The van der Waals surface area contributed by atoms with E-state index < -0.39 is 57.6 Å². The third kappa shape index (κ3) is 11.1. The van der Waals surface area contributed by atoms with Gasteiger partial charge in [-0.25, -0.2) is 32.6 Å². The van der Waals surface area contributed by atoms with Crippen LogP contribution in [-0.2, 0) is 62.1 Å². The van der Waals surface area contributed by atoms with Crippen molar-refractivity contribution in [1.82, 2.24) is 0 Å². The van der Waals surface area contributed by atoms with E-state index in [0.29, 0.717) is 17.5 Å². The molecule has 0 bridgehead atoms. The second-order valence-corrected chi connectivity index (χ2v) is 17.2. The summed E-state index contributed by atoms with van der Waals surface area (Å²) in [6.45, 7) is 2.90. The number of hydrogen-bond donors (Lipinski definition) is 6. The minimum Gasteiger partial charge on any atom is -0.505 e. The molecule has 0 aliphatic carbocycles. The van der Waals surface area contributed by atoms with Crippen molar-refractivity contribution < 1.29 is 83.0 Å². The summed E-state index contributed by atoms with van der Waals surface area (Å²) in [5.41, 5.74) is 4.76. The molecule has 55 heavy (non-hydrogen) atoms. The van der Waals surface area contributed by atoms with E-state index in [2.05, 4.69) is 55.2 Å². The number of benzene rings is 4. The number of fused-ring (bicyclic) bond motifs is 1. The zero-order valence-corrected chi connectivity index (χ0v) is 31.7. The van der Waals surface area contributed by atoms with E-state index in [1.165, 1.54) is 24.3 Å². The molecule has 296 valence electrons. The molecule has 29 heteroatoms. The number of phenols is 1. The highest BCUT2D eigenvalue weighted by atomic mass is 32.2. The number of aromatic hydroxyl groups is 1. The van der Waals surface area contributed by atoms with Gasteiger partial charge in [-0.3, -0.25) is 8.74 Å². The molecule has 0 amide bonds. The molecule has 0 aliphatic rings. The number of nitrogen functional groups attached to an aromatic ring is 1. The maximum Gasteiger partial charge on any atom is 0.296 e. The van der Waals surface area contributed by atoms with Gasteiger partial charge in [0, 0.05) is 5.41 Å². The molecule has 4 rings (SSSR count). The van der Waals surface area contributed by atoms with Crippen molar-refractivity contribution in [3.63, 3.8) is 0 Å². The molecule has 0 aromatic heterocycles. The van der Waals surface area contributed by atoms with Gasteiger partial charge >= 0.3 is 0 Å². The predicted octanol–water partition coefficient (Wildman–Crippen LogP) is 6.75. The van der Waals surface area contributed by atoms with Gasteiger partial charge in [-0.05, 0) is 60.0 Å². The fourth-order valence-electron chi connectivity index (χ4n) is 4.25. The predicted molar refractivity (Wildman–Crippen MR) is 190 cm³/mol. The molecule has 0 radical (unpaired) electrons. The van der Waals surface area contributed by atoms with E-state index in [4.69, 9.17) is 25.7 Å². The highest BCUT2D eigenvalue weighted by molar-refractivity contribution is 7.95. The molecule has 4 aromatic carbocycles. The maximum atomic E-state index is 12.6. The summed E-state index contributed by atoms with van der Waals surface area (Å²) in [6, 6.07) is 10.2. The Kier molecular flexibility index (Phi) is 15.4. The number of anilines is 1. The number of sulfone groups is 2. The van der Waals surface area contributed by atoms with Gasteiger partial charge in [0.25, 0.3) is 10.1 Å². The van der Waals surface area contributed by atoms with Crippen molar-refractivity contribution in [2.45, 2.75) is 24.5 Å². The van der Waals surface area contributed by atoms with Crippen LogP contribution in [0, 0.1) is 0 Å². The van der Waals surface area contributed by atoms with Crippen LogP contribution in [0.1, 0.15) is 0 Å². The van der Waals surface area contributed by atoms with Crippen LogP contribution in [0.25, 0.3) is 10.8 Å². The normalized spacial score (nSPS) is 12.7. The summed E-state index contributed by atoms with van der Waals surface area (Å²) in [4.78, 5) is -1.63. The van der Waals surface area contributed by atoms with Crippen LogP contribution in [0.4, 0.5) is 28.4 Å². The molecule has 0 saturated carbocycles. The van der Waals surface area contributed by atoms with Crippen LogP contribution in [0.2, 0.25) is 0 Å². The first kappa shape index (κ1) is 43.9. The van der Waals surface area contributed by atoms with Crippen LogP contribution in [0.5, 0.6) is 5.75 Å². The monoisotopic (exact) mass is 885 g/mol. The van der Waals surface area contributed by atoms with E-state index in [-0.39, 0.29) is 78.4 Å². The quantitative estimate of drug-likeness (QED) is 0.0102.